The van der Waals surface area contributed by atoms with Gasteiger partial charge in [-0.1, -0.05) is 66.7 Å². The number of carbonyl (C=O) groups is 4. The van der Waals surface area contributed by atoms with Crippen molar-refractivity contribution < 1.29 is 23.9 Å². The molecule has 5 aromatic rings. The molecular weight excluding hydrogens is 532 g/mol. The van der Waals surface area contributed by atoms with Crippen molar-refractivity contribution in [1.29, 1.82) is 0 Å². The Bertz CT molecular complexity index is 1800. The van der Waals surface area contributed by atoms with Gasteiger partial charge >= 0.3 is 17.8 Å². The molecule has 0 saturated carbocycles. The molecule has 0 aromatic heterocycles. The number of anilines is 2. The Kier molecular flexibility index (Phi) is 8.40. The maximum atomic E-state index is 12.7. The Balaban J connectivity index is 1.15. The number of para-hydroxylation sites is 2. The van der Waals surface area contributed by atoms with Crippen LogP contribution in [0.3, 0.4) is 0 Å². The highest BCUT2D eigenvalue weighted by Crippen LogP contribution is 2.21. The fourth-order valence-electron chi connectivity index (χ4n) is 4.09. The largest absolute Gasteiger partial charge is 0.423 e. The fraction of sp³-hybridized carbons (Fsp3) is 0. The second-order valence-electron chi connectivity index (χ2n) is 9.00. The molecule has 0 saturated heterocycles. The number of hydrazone groups is 1. The minimum absolute atomic E-state index is 0.170. The molecule has 3 amide bonds. The van der Waals surface area contributed by atoms with E-state index in [0.717, 1.165) is 10.8 Å². The average molecular weight is 557 g/mol. The molecule has 0 fully saturated rings. The van der Waals surface area contributed by atoms with Crippen LogP contribution in [0, 0.1) is 0 Å². The lowest BCUT2D eigenvalue weighted by molar-refractivity contribution is -0.136. The maximum Gasteiger partial charge on any atom is 0.344 e. The molecule has 0 heterocycles. The van der Waals surface area contributed by atoms with E-state index in [1.165, 1.54) is 18.3 Å². The quantitative estimate of drug-likeness (QED) is 0.0814. The first-order valence-corrected chi connectivity index (χ1v) is 12.9. The van der Waals surface area contributed by atoms with E-state index in [-0.39, 0.29) is 11.3 Å². The minimum atomic E-state index is -1.02. The summed E-state index contributed by atoms with van der Waals surface area (Å²) in [4.78, 5) is 50.2. The molecule has 206 valence electrons. The number of nitrogens with one attached hydrogen (secondary N) is 3. The third-order valence-electron chi connectivity index (χ3n) is 6.14. The van der Waals surface area contributed by atoms with Gasteiger partial charge in [0.05, 0.1) is 23.0 Å². The molecule has 5 aromatic carbocycles. The highest BCUT2D eigenvalue weighted by atomic mass is 16.5. The van der Waals surface area contributed by atoms with Crippen molar-refractivity contribution in [2.45, 2.75) is 0 Å². The summed E-state index contributed by atoms with van der Waals surface area (Å²) < 4.78 is 5.52. The van der Waals surface area contributed by atoms with E-state index in [1.807, 2.05) is 36.4 Å². The number of hydrogen-bond acceptors (Lipinski definition) is 6. The number of carbonyl (C=O) groups excluding carboxylic acids is 4. The molecule has 0 atom stereocenters. The van der Waals surface area contributed by atoms with E-state index in [1.54, 1.807) is 72.8 Å². The van der Waals surface area contributed by atoms with Crippen LogP contribution in [0.4, 0.5) is 11.4 Å². The first-order chi connectivity index (χ1) is 20.5. The monoisotopic (exact) mass is 556 g/mol. The van der Waals surface area contributed by atoms with Crippen LogP contribution >= 0.6 is 0 Å². The van der Waals surface area contributed by atoms with Crippen molar-refractivity contribution in [2.75, 3.05) is 10.6 Å². The number of hydrogen-bond donors (Lipinski definition) is 3. The summed E-state index contributed by atoms with van der Waals surface area (Å²) in [5, 5.41) is 10.7. The van der Waals surface area contributed by atoms with Crippen LogP contribution in [-0.4, -0.2) is 29.9 Å². The number of benzene rings is 5. The molecule has 0 unspecified atom stereocenters. The van der Waals surface area contributed by atoms with Gasteiger partial charge in [0, 0.05) is 5.69 Å². The van der Waals surface area contributed by atoms with Crippen LogP contribution in [0.15, 0.2) is 126 Å². The zero-order chi connectivity index (χ0) is 29.3. The smallest absolute Gasteiger partial charge is 0.344 e. The first kappa shape index (κ1) is 27.5. The van der Waals surface area contributed by atoms with Gasteiger partial charge in [-0.3, -0.25) is 14.4 Å². The molecule has 9 heteroatoms. The summed E-state index contributed by atoms with van der Waals surface area (Å²) in [6.45, 7) is 0. The second kappa shape index (κ2) is 12.8. The van der Waals surface area contributed by atoms with Gasteiger partial charge in [0.1, 0.15) is 5.75 Å². The number of rotatable bonds is 7. The van der Waals surface area contributed by atoms with Gasteiger partial charge in [-0.25, -0.2) is 10.2 Å². The van der Waals surface area contributed by atoms with Gasteiger partial charge in [0.25, 0.3) is 5.91 Å². The van der Waals surface area contributed by atoms with E-state index in [4.69, 9.17) is 4.74 Å². The molecular formula is C33H24N4O5. The van der Waals surface area contributed by atoms with Crippen LogP contribution in [0.5, 0.6) is 5.75 Å². The molecule has 0 bridgehead atoms. The number of ether oxygens (including phenoxy) is 1. The zero-order valence-corrected chi connectivity index (χ0v) is 22.1. The van der Waals surface area contributed by atoms with E-state index >= 15 is 0 Å². The second-order valence-corrected chi connectivity index (χ2v) is 9.00. The zero-order valence-electron chi connectivity index (χ0n) is 22.1. The van der Waals surface area contributed by atoms with Gasteiger partial charge in [0.2, 0.25) is 0 Å². The lowest BCUT2D eigenvalue weighted by atomic mass is 10.0. The molecule has 0 aliphatic carbocycles. The molecule has 0 aliphatic heterocycles. The van der Waals surface area contributed by atoms with Crippen molar-refractivity contribution in [3.63, 3.8) is 0 Å². The summed E-state index contributed by atoms with van der Waals surface area (Å²) in [5.41, 5.74) is 4.15. The molecule has 9 nitrogen and oxygen atoms in total. The predicted octanol–water partition coefficient (Wildman–Crippen LogP) is 5.40. The Morgan fingerprint density at radius 2 is 1.29 bits per heavy atom. The number of esters is 1. The van der Waals surface area contributed by atoms with E-state index in [0.29, 0.717) is 22.6 Å². The van der Waals surface area contributed by atoms with E-state index in [9.17, 15) is 19.2 Å². The van der Waals surface area contributed by atoms with E-state index in [2.05, 4.69) is 21.2 Å². The number of fused-ring (bicyclic) bond motifs is 1. The van der Waals surface area contributed by atoms with Gasteiger partial charge in [-0.2, -0.15) is 5.10 Å². The van der Waals surface area contributed by atoms with Crippen molar-refractivity contribution in [1.82, 2.24) is 5.43 Å². The van der Waals surface area contributed by atoms with Crippen LogP contribution in [0.25, 0.3) is 10.8 Å². The topological polar surface area (TPSA) is 126 Å². The van der Waals surface area contributed by atoms with Gasteiger partial charge in [0.15, 0.2) is 0 Å². The Labute approximate surface area is 240 Å². The summed E-state index contributed by atoms with van der Waals surface area (Å²) >= 11 is 0. The Morgan fingerprint density at radius 3 is 2.10 bits per heavy atom. The van der Waals surface area contributed by atoms with Crippen LogP contribution in [-0.2, 0) is 9.59 Å². The summed E-state index contributed by atoms with van der Waals surface area (Å²) in [5.74, 6) is -2.61. The highest BCUT2D eigenvalue weighted by molar-refractivity contribution is 6.40. The van der Waals surface area contributed by atoms with Crippen molar-refractivity contribution >= 4 is 52.1 Å². The standard InChI is InChI=1S/C33H24N4O5/c38-30(35-24-11-2-1-3-12-24)28-14-6-7-16-29(28)36-31(39)32(40)37-34-21-22-17-19-25(20-18-22)42-33(41)27-15-8-10-23-9-4-5-13-26(23)27/h1-21H,(H,35,38)(H,36,39)(H,37,40)/b34-21+. The van der Waals surface area contributed by atoms with Gasteiger partial charge in [-0.05, 0) is 70.9 Å². The lowest BCUT2D eigenvalue weighted by Crippen LogP contribution is -2.33. The third-order valence-corrected chi connectivity index (χ3v) is 6.14. The Hall–Kier alpha value is -6.09. The Morgan fingerprint density at radius 1 is 0.619 bits per heavy atom. The van der Waals surface area contributed by atoms with Crippen molar-refractivity contribution in [3.8, 4) is 5.75 Å². The molecule has 5 rings (SSSR count). The van der Waals surface area contributed by atoms with Crippen LogP contribution in [0.1, 0.15) is 26.3 Å². The van der Waals surface area contributed by atoms with Crippen molar-refractivity contribution in [3.05, 3.63) is 138 Å². The van der Waals surface area contributed by atoms with Gasteiger partial charge < -0.3 is 15.4 Å². The summed E-state index contributed by atoms with van der Waals surface area (Å²) in [6, 6.07) is 34.6. The fourth-order valence-corrected chi connectivity index (χ4v) is 4.09. The minimum Gasteiger partial charge on any atom is -0.423 e. The average Bonchev–Trinajstić information content (AvgIpc) is 3.02. The first-order valence-electron chi connectivity index (χ1n) is 12.9. The number of amides is 3. The normalized spacial score (nSPS) is 10.7. The highest BCUT2D eigenvalue weighted by Gasteiger charge is 2.18. The van der Waals surface area contributed by atoms with Crippen LogP contribution < -0.4 is 20.8 Å². The van der Waals surface area contributed by atoms with Crippen molar-refractivity contribution in [2.24, 2.45) is 5.10 Å². The molecule has 3 N–H and O–H groups in total. The molecule has 0 aliphatic rings. The van der Waals surface area contributed by atoms with Gasteiger partial charge in [-0.15, -0.1) is 0 Å². The molecule has 42 heavy (non-hydrogen) atoms. The maximum absolute atomic E-state index is 12.7. The summed E-state index contributed by atoms with van der Waals surface area (Å²) in [6.07, 6.45) is 1.34. The summed E-state index contributed by atoms with van der Waals surface area (Å²) in [7, 11) is 0. The third kappa shape index (κ3) is 6.72. The lowest BCUT2D eigenvalue weighted by Gasteiger charge is -2.11. The SMILES string of the molecule is O=C(N/N=C/c1ccc(OC(=O)c2cccc3ccccc23)cc1)C(=O)Nc1ccccc1C(=O)Nc1ccccc1. The molecule has 0 radical (unpaired) electrons. The predicted molar refractivity (Wildman–Crippen MR) is 161 cm³/mol. The van der Waals surface area contributed by atoms with Crippen LogP contribution in [0.2, 0.25) is 0 Å². The number of nitrogens with zero attached hydrogens (tertiary/aromatic N) is 1. The molecule has 0 spiro atoms. The van der Waals surface area contributed by atoms with E-state index < -0.39 is 23.7 Å².